The highest BCUT2D eigenvalue weighted by Crippen LogP contribution is 2.30. The predicted molar refractivity (Wildman–Crippen MR) is 88.3 cm³/mol. The van der Waals surface area contributed by atoms with Crippen LogP contribution < -0.4 is 11.1 Å². The van der Waals surface area contributed by atoms with Gasteiger partial charge in [-0.2, -0.15) is 5.26 Å². The molecule has 1 aromatic heterocycles. The van der Waals surface area contributed by atoms with Crippen LogP contribution in [0.2, 0.25) is 0 Å². The monoisotopic (exact) mass is 338 g/mol. The first kappa shape index (κ1) is 13.4. The van der Waals surface area contributed by atoms with Crippen molar-refractivity contribution in [3.63, 3.8) is 0 Å². The van der Waals surface area contributed by atoms with E-state index in [-0.39, 0.29) is 0 Å². The lowest BCUT2D eigenvalue weighted by molar-refractivity contribution is 1.38. The summed E-state index contributed by atoms with van der Waals surface area (Å²) in [6, 6.07) is 15.3. The number of nitrogens with one attached hydrogen (secondary N) is 1. The molecule has 0 amide bonds. The highest BCUT2D eigenvalue weighted by Gasteiger charge is 2.07. The molecule has 0 saturated carbocycles. The first-order chi connectivity index (χ1) is 10.2. The van der Waals surface area contributed by atoms with Crippen LogP contribution in [0.3, 0.4) is 0 Å². The summed E-state index contributed by atoms with van der Waals surface area (Å²) in [7, 11) is 0. The number of halogens is 1. The van der Waals surface area contributed by atoms with Crippen LogP contribution in [0, 0.1) is 11.3 Å². The standard InChI is InChI=1S/C16H11BrN4/c17-12-7-10-3-1-6-14(16(10)20-9-12)21-13-5-2-4-11(8-18)15(13)19/h1-7,9,21H,19H2. The van der Waals surface area contributed by atoms with E-state index in [2.05, 4.69) is 32.3 Å². The van der Waals surface area contributed by atoms with Crippen molar-refractivity contribution in [1.82, 2.24) is 4.98 Å². The molecule has 21 heavy (non-hydrogen) atoms. The third kappa shape index (κ3) is 2.54. The van der Waals surface area contributed by atoms with Gasteiger partial charge in [-0.15, -0.1) is 0 Å². The maximum Gasteiger partial charge on any atom is 0.101 e. The molecule has 2 aromatic carbocycles. The summed E-state index contributed by atoms with van der Waals surface area (Å²) >= 11 is 3.42. The number of benzene rings is 2. The number of nitrogens with two attached hydrogens (primary N) is 1. The highest BCUT2D eigenvalue weighted by molar-refractivity contribution is 9.10. The molecule has 0 saturated heterocycles. The number of anilines is 3. The molecule has 0 radical (unpaired) electrons. The third-order valence-electron chi connectivity index (χ3n) is 3.17. The number of nitrogen functional groups attached to an aromatic ring is 1. The molecule has 5 heteroatoms. The average Bonchev–Trinajstić information content (AvgIpc) is 2.49. The van der Waals surface area contributed by atoms with Gasteiger partial charge >= 0.3 is 0 Å². The lowest BCUT2D eigenvalue weighted by atomic mass is 10.1. The molecule has 0 unspecified atom stereocenters. The molecule has 0 aliphatic heterocycles. The Morgan fingerprint density at radius 1 is 1.14 bits per heavy atom. The van der Waals surface area contributed by atoms with Crippen LogP contribution in [0.5, 0.6) is 0 Å². The van der Waals surface area contributed by atoms with Crippen LogP contribution in [0.25, 0.3) is 10.9 Å². The number of aromatic nitrogens is 1. The van der Waals surface area contributed by atoms with Gasteiger partial charge in [0.05, 0.1) is 28.1 Å². The molecule has 3 N–H and O–H groups in total. The molecule has 3 aromatic rings. The molecule has 1 heterocycles. The fourth-order valence-electron chi connectivity index (χ4n) is 2.15. The second kappa shape index (κ2) is 5.43. The van der Waals surface area contributed by atoms with E-state index in [9.17, 15) is 0 Å². The van der Waals surface area contributed by atoms with E-state index in [1.165, 1.54) is 0 Å². The van der Waals surface area contributed by atoms with Gasteiger partial charge < -0.3 is 11.1 Å². The molecule has 0 aliphatic carbocycles. The van der Waals surface area contributed by atoms with Crippen molar-refractivity contribution in [1.29, 1.82) is 5.26 Å². The molecule has 0 aliphatic rings. The molecule has 4 nitrogen and oxygen atoms in total. The van der Waals surface area contributed by atoms with Gasteiger partial charge in [-0.05, 0) is 40.2 Å². The Balaban J connectivity index is 2.09. The van der Waals surface area contributed by atoms with Gasteiger partial charge in [0.1, 0.15) is 6.07 Å². The van der Waals surface area contributed by atoms with Crippen molar-refractivity contribution in [3.8, 4) is 6.07 Å². The number of pyridine rings is 1. The van der Waals surface area contributed by atoms with Gasteiger partial charge in [0, 0.05) is 16.1 Å². The van der Waals surface area contributed by atoms with Crippen LogP contribution in [-0.2, 0) is 0 Å². The quantitative estimate of drug-likeness (QED) is 0.687. The van der Waals surface area contributed by atoms with E-state index in [1.807, 2.05) is 30.3 Å². The minimum atomic E-state index is 0.439. The van der Waals surface area contributed by atoms with E-state index in [4.69, 9.17) is 11.0 Å². The fourth-order valence-corrected chi connectivity index (χ4v) is 2.50. The predicted octanol–water partition coefficient (Wildman–Crippen LogP) is 4.19. The van der Waals surface area contributed by atoms with Crippen LogP contribution in [0.4, 0.5) is 17.1 Å². The van der Waals surface area contributed by atoms with Crippen LogP contribution >= 0.6 is 15.9 Å². The number of nitrogens with zero attached hydrogens (tertiary/aromatic N) is 2. The lowest BCUT2D eigenvalue weighted by Crippen LogP contribution is -1.99. The van der Waals surface area contributed by atoms with Gasteiger partial charge in [-0.1, -0.05) is 18.2 Å². The normalized spacial score (nSPS) is 10.3. The summed E-state index contributed by atoms with van der Waals surface area (Å²) in [4.78, 5) is 4.43. The molecular weight excluding hydrogens is 328 g/mol. The Labute approximate surface area is 130 Å². The van der Waals surface area contributed by atoms with E-state index >= 15 is 0 Å². The Morgan fingerprint density at radius 2 is 1.90 bits per heavy atom. The van der Waals surface area contributed by atoms with E-state index in [0.717, 1.165) is 21.1 Å². The number of hydrogen-bond acceptors (Lipinski definition) is 4. The number of rotatable bonds is 2. The zero-order valence-corrected chi connectivity index (χ0v) is 12.6. The zero-order chi connectivity index (χ0) is 14.8. The van der Waals surface area contributed by atoms with E-state index in [1.54, 1.807) is 18.3 Å². The van der Waals surface area contributed by atoms with Crippen molar-refractivity contribution in [2.75, 3.05) is 11.1 Å². The summed E-state index contributed by atoms with van der Waals surface area (Å²) in [6.07, 6.45) is 1.75. The third-order valence-corrected chi connectivity index (χ3v) is 3.61. The van der Waals surface area contributed by atoms with Crippen molar-refractivity contribution < 1.29 is 0 Å². The summed E-state index contributed by atoms with van der Waals surface area (Å²) in [5.41, 5.74) is 9.29. The van der Waals surface area contributed by atoms with Gasteiger partial charge in [0.2, 0.25) is 0 Å². The number of fused-ring (bicyclic) bond motifs is 1. The molecule has 0 bridgehead atoms. The SMILES string of the molecule is N#Cc1cccc(Nc2cccc3cc(Br)cnc23)c1N. The molecule has 3 rings (SSSR count). The lowest BCUT2D eigenvalue weighted by Gasteiger charge is -2.12. The van der Waals surface area contributed by atoms with Gasteiger partial charge in [0.25, 0.3) is 0 Å². The second-order valence-corrected chi connectivity index (χ2v) is 5.45. The fraction of sp³-hybridized carbons (Fsp3) is 0. The molecule has 0 atom stereocenters. The van der Waals surface area contributed by atoms with Gasteiger partial charge in [0.15, 0.2) is 0 Å². The van der Waals surface area contributed by atoms with Crippen molar-refractivity contribution in [2.45, 2.75) is 0 Å². The Bertz CT molecular complexity index is 868. The van der Waals surface area contributed by atoms with E-state index in [0.29, 0.717) is 16.9 Å². The number of para-hydroxylation sites is 2. The first-order valence-corrected chi connectivity index (χ1v) is 7.08. The topological polar surface area (TPSA) is 74.7 Å². The highest BCUT2D eigenvalue weighted by atomic mass is 79.9. The van der Waals surface area contributed by atoms with E-state index < -0.39 is 0 Å². The Hall–Kier alpha value is -2.58. The van der Waals surface area contributed by atoms with Crippen molar-refractivity contribution in [3.05, 3.63) is 58.7 Å². The Morgan fingerprint density at radius 3 is 2.71 bits per heavy atom. The molecular formula is C16H11BrN4. The number of hydrogen-bond donors (Lipinski definition) is 2. The summed E-state index contributed by atoms with van der Waals surface area (Å²) in [6.45, 7) is 0. The van der Waals surface area contributed by atoms with Crippen molar-refractivity contribution >= 4 is 43.9 Å². The summed E-state index contributed by atoms with van der Waals surface area (Å²) < 4.78 is 0.929. The molecule has 0 fully saturated rings. The second-order valence-electron chi connectivity index (χ2n) is 4.53. The molecule has 0 spiro atoms. The minimum Gasteiger partial charge on any atom is -0.396 e. The molecule has 102 valence electrons. The van der Waals surface area contributed by atoms with Gasteiger partial charge in [-0.3, -0.25) is 4.98 Å². The summed E-state index contributed by atoms with van der Waals surface area (Å²) in [5, 5.41) is 13.3. The largest absolute Gasteiger partial charge is 0.396 e. The summed E-state index contributed by atoms with van der Waals surface area (Å²) in [5.74, 6) is 0. The smallest absolute Gasteiger partial charge is 0.101 e. The van der Waals surface area contributed by atoms with Crippen LogP contribution in [0.15, 0.2) is 53.1 Å². The average molecular weight is 339 g/mol. The maximum absolute atomic E-state index is 9.04. The van der Waals surface area contributed by atoms with Gasteiger partial charge in [-0.25, -0.2) is 0 Å². The Kier molecular flexibility index (Phi) is 3.46. The first-order valence-electron chi connectivity index (χ1n) is 6.29. The maximum atomic E-state index is 9.04. The number of nitriles is 1. The van der Waals surface area contributed by atoms with Crippen molar-refractivity contribution in [2.24, 2.45) is 0 Å². The van der Waals surface area contributed by atoms with Crippen LogP contribution in [-0.4, -0.2) is 4.98 Å². The zero-order valence-electron chi connectivity index (χ0n) is 11.0. The van der Waals surface area contributed by atoms with Crippen LogP contribution in [0.1, 0.15) is 5.56 Å². The minimum absolute atomic E-state index is 0.439.